The normalized spacial score (nSPS) is 35.3. The second-order valence-corrected chi connectivity index (χ2v) is 6.32. The Bertz CT molecular complexity index is 422. The summed E-state index contributed by atoms with van der Waals surface area (Å²) in [4.78, 5) is 2.48. The van der Waals surface area contributed by atoms with Gasteiger partial charge >= 0.3 is 0 Å². The van der Waals surface area contributed by atoms with Crippen LogP contribution in [0.4, 0.5) is 0 Å². The molecule has 2 aliphatic rings. The summed E-state index contributed by atoms with van der Waals surface area (Å²) < 4.78 is 0. The van der Waals surface area contributed by atoms with Gasteiger partial charge in [0, 0.05) is 31.6 Å². The molecular formula is C16H24N2O. The Kier molecular flexibility index (Phi) is 3.61. The number of rotatable bonds is 3. The molecular weight excluding hydrogens is 236 g/mol. The zero-order chi connectivity index (χ0) is 13.3. The first-order valence-corrected chi connectivity index (χ1v) is 7.38. The van der Waals surface area contributed by atoms with Gasteiger partial charge in [-0.2, -0.15) is 0 Å². The predicted molar refractivity (Wildman–Crippen MR) is 76.6 cm³/mol. The van der Waals surface area contributed by atoms with Crippen LogP contribution in [0.25, 0.3) is 0 Å². The van der Waals surface area contributed by atoms with Crippen LogP contribution in [0.5, 0.6) is 0 Å². The van der Waals surface area contributed by atoms with E-state index in [1.165, 1.54) is 12.0 Å². The van der Waals surface area contributed by atoms with Gasteiger partial charge in [-0.1, -0.05) is 36.8 Å². The first-order chi connectivity index (χ1) is 9.23. The SMILES string of the molecule is NC[C@]12CCC[C@H](CN(Cc3ccccc3)C1)[C@@H]2O. The molecule has 1 saturated heterocycles. The van der Waals surface area contributed by atoms with E-state index in [-0.39, 0.29) is 11.5 Å². The number of aliphatic hydroxyl groups is 1. The number of hydrogen-bond acceptors (Lipinski definition) is 3. The highest BCUT2D eigenvalue weighted by molar-refractivity contribution is 5.15. The summed E-state index contributed by atoms with van der Waals surface area (Å²) in [7, 11) is 0. The average molecular weight is 260 g/mol. The highest BCUT2D eigenvalue weighted by Gasteiger charge is 2.48. The molecule has 0 unspecified atom stereocenters. The average Bonchev–Trinajstić information content (AvgIpc) is 2.42. The molecule has 3 N–H and O–H groups in total. The monoisotopic (exact) mass is 260 g/mol. The Morgan fingerprint density at radius 3 is 2.84 bits per heavy atom. The van der Waals surface area contributed by atoms with Gasteiger partial charge in [0.15, 0.2) is 0 Å². The van der Waals surface area contributed by atoms with Gasteiger partial charge < -0.3 is 10.8 Å². The smallest absolute Gasteiger partial charge is 0.0661 e. The number of hydrogen-bond donors (Lipinski definition) is 2. The first-order valence-electron chi connectivity index (χ1n) is 7.38. The zero-order valence-electron chi connectivity index (χ0n) is 11.5. The molecule has 0 spiro atoms. The van der Waals surface area contributed by atoms with Gasteiger partial charge in [-0.25, -0.2) is 0 Å². The fourth-order valence-electron chi connectivity index (χ4n) is 3.98. The largest absolute Gasteiger partial charge is 0.392 e. The summed E-state index contributed by atoms with van der Waals surface area (Å²) in [5.41, 5.74) is 7.30. The van der Waals surface area contributed by atoms with E-state index >= 15 is 0 Å². The molecule has 2 fully saturated rings. The highest BCUT2D eigenvalue weighted by Crippen LogP contribution is 2.43. The van der Waals surface area contributed by atoms with Gasteiger partial charge in [0.1, 0.15) is 0 Å². The van der Waals surface area contributed by atoms with E-state index in [0.717, 1.165) is 32.5 Å². The number of piperidine rings is 1. The van der Waals surface area contributed by atoms with E-state index in [4.69, 9.17) is 5.73 Å². The van der Waals surface area contributed by atoms with E-state index in [0.29, 0.717) is 12.5 Å². The molecule has 1 aromatic carbocycles. The van der Waals surface area contributed by atoms with Crippen molar-refractivity contribution in [3.05, 3.63) is 35.9 Å². The third-order valence-corrected chi connectivity index (χ3v) is 5.01. The van der Waals surface area contributed by atoms with Crippen LogP contribution in [0.1, 0.15) is 24.8 Å². The zero-order valence-corrected chi connectivity index (χ0v) is 11.5. The molecule has 1 saturated carbocycles. The van der Waals surface area contributed by atoms with Gasteiger partial charge in [-0.15, -0.1) is 0 Å². The Morgan fingerprint density at radius 1 is 1.32 bits per heavy atom. The number of nitrogens with zero attached hydrogens (tertiary/aromatic N) is 1. The molecule has 2 bridgehead atoms. The predicted octanol–water partition coefficient (Wildman–Crippen LogP) is 1.61. The molecule has 0 aromatic heterocycles. The maximum absolute atomic E-state index is 10.5. The van der Waals surface area contributed by atoms with Gasteiger partial charge in [0.05, 0.1) is 6.10 Å². The van der Waals surface area contributed by atoms with Gasteiger partial charge in [0.25, 0.3) is 0 Å². The summed E-state index contributed by atoms with van der Waals surface area (Å²) in [5, 5.41) is 10.5. The minimum absolute atomic E-state index is 0.0596. The van der Waals surface area contributed by atoms with Crippen LogP contribution in [-0.2, 0) is 6.54 Å². The van der Waals surface area contributed by atoms with E-state index in [1.54, 1.807) is 0 Å². The molecule has 0 amide bonds. The van der Waals surface area contributed by atoms with Crippen molar-refractivity contribution in [1.29, 1.82) is 0 Å². The third kappa shape index (κ3) is 2.42. The maximum Gasteiger partial charge on any atom is 0.0661 e. The van der Waals surface area contributed by atoms with Crippen LogP contribution in [0.15, 0.2) is 30.3 Å². The van der Waals surface area contributed by atoms with Crippen LogP contribution >= 0.6 is 0 Å². The van der Waals surface area contributed by atoms with Crippen molar-refractivity contribution in [3.8, 4) is 0 Å². The molecule has 3 rings (SSSR count). The number of nitrogens with two attached hydrogens (primary N) is 1. The molecule has 3 atom stereocenters. The summed E-state index contributed by atoms with van der Waals surface area (Å²) in [6.45, 7) is 3.54. The minimum atomic E-state index is -0.196. The van der Waals surface area contributed by atoms with Crippen LogP contribution in [0.2, 0.25) is 0 Å². The number of likely N-dealkylation sites (tertiary alicyclic amines) is 1. The van der Waals surface area contributed by atoms with Crippen molar-refractivity contribution < 1.29 is 5.11 Å². The Hall–Kier alpha value is -0.900. The molecule has 3 nitrogen and oxygen atoms in total. The van der Waals surface area contributed by atoms with E-state index < -0.39 is 0 Å². The molecule has 1 aromatic rings. The lowest BCUT2D eigenvalue weighted by molar-refractivity contribution is -0.111. The topological polar surface area (TPSA) is 49.5 Å². The summed E-state index contributed by atoms with van der Waals surface area (Å²) in [6.07, 6.45) is 3.25. The van der Waals surface area contributed by atoms with Crippen LogP contribution in [-0.4, -0.2) is 35.7 Å². The molecule has 1 aliphatic heterocycles. The van der Waals surface area contributed by atoms with Crippen LogP contribution in [0.3, 0.4) is 0 Å². The van der Waals surface area contributed by atoms with Gasteiger partial charge in [0.2, 0.25) is 0 Å². The Morgan fingerprint density at radius 2 is 2.11 bits per heavy atom. The summed E-state index contributed by atoms with van der Waals surface area (Å²) in [5.74, 6) is 0.412. The summed E-state index contributed by atoms with van der Waals surface area (Å²) >= 11 is 0. The van der Waals surface area contributed by atoms with Crippen molar-refractivity contribution in [2.75, 3.05) is 19.6 Å². The lowest BCUT2D eigenvalue weighted by Crippen LogP contribution is -2.61. The first kappa shape index (κ1) is 13.1. The van der Waals surface area contributed by atoms with Crippen molar-refractivity contribution >= 4 is 0 Å². The molecule has 1 aliphatic carbocycles. The van der Waals surface area contributed by atoms with Gasteiger partial charge in [-0.05, 0) is 24.3 Å². The van der Waals surface area contributed by atoms with Crippen molar-refractivity contribution in [3.63, 3.8) is 0 Å². The number of benzene rings is 1. The Labute approximate surface area is 115 Å². The van der Waals surface area contributed by atoms with Crippen LogP contribution in [0, 0.1) is 11.3 Å². The number of fused-ring (bicyclic) bond motifs is 2. The lowest BCUT2D eigenvalue weighted by Gasteiger charge is -2.53. The highest BCUT2D eigenvalue weighted by atomic mass is 16.3. The van der Waals surface area contributed by atoms with E-state index in [1.807, 2.05) is 0 Å². The van der Waals surface area contributed by atoms with Gasteiger partial charge in [-0.3, -0.25) is 4.90 Å². The molecule has 19 heavy (non-hydrogen) atoms. The minimum Gasteiger partial charge on any atom is -0.392 e. The van der Waals surface area contributed by atoms with Crippen LogP contribution < -0.4 is 5.73 Å². The molecule has 1 heterocycles. The maximum atomic E-state index is 10.5. The fourth-order valence-corrected chi connectivity index (χ4v) is 3.98. The standard InChI is InChI=1S/C16H24N2O/c17-11-16-8-4-7-14(15(16)19)10-18(12-16)9-13-5-2-1-3-6-13/h1-3,5-6,14-15,19H,4,7-12,17H2/t14-,15+,16-/m1/s1. The summed E-state index contributed by atoms with van der Waals surface area (Å²) in [6, 6.07) is 10.6. The molecule has 3 heteroatoms. The lowest BCUT2D eigenvalue weighted by atomic mass is 9.64. The second-order valence-electron chi connectivity index (χ2n) is 6.32. The van der Waals surface area contributed by atoms with E-state index in [2.05, 4.69) is 35.2 Å². The van der Waals surface area contributed by atoms with E-state index in [9.17, 15) is 5.11 Å². The van der Waals surface area contributed by atoms with Crippen molar-refractivity contribution in [1.82, 2.24) is 4.90 Å². The molecule has 104 valence electrons. The third-order valence-electron chi connectivity index (χ3n) is 5.01. The number of aliphatic hydroxyl groups excluding tert-OH is 1. The molecule has 0 radical (unpaired) electrons. The quantitative estimate of drug-likeness (QED) is 0.868. The second kappa shape index (κ2) is 5.23. The van der Waals surface area contributed by atoms with Crippen molar-refractivity contribution in [2.24, 2.45) is 17.1 Å². The fraction of sp³-hybridized carbons (Fsp3) is 0.625. The Balaban J connectivity index is 1.75. The van der Waals surface area contributed by atoms with Crippen molar-refractivity contribution in [2.45, 2.75) is 31.9 Å².